The van der Waals surface area contributed by atoms with E-state index in [0.29, 0.717) is 0 Å². The van der Waals surface area contributed by atoms with Crippen molar-refractivity contribution in [2.75, 3.05) is 13.1 Å². The van der Waals surface area contributed by atoms with Gasteiger partial charge < -0.3 is 4.90 Å². The third kappa shape index (κ3) is 2.63. The number of piperidine rings is 1. The highest BCUT2D eigenvalue weighted by Crippen LogP contribution is 2.31. The normalized spacial score (nSPS) is 15.2. The minimum atomic E-state index is 0.172. The quantitative estimate of drug-likeness (QED) is 0.697. The second-order valence-corrected chi connectivity index (χ2v) is 7.55. The van der Waals surface area contributed by atoms with Crippen LogP contribution in [-0.2, 0) is 0 Å². The Morgan fingerprint density at radius 2 is 1.79 bits per heavy atom. The number of aromatic nitrogens is 2. The summed E-state index contributed by atoms with van der Waals surface area (Å²) in [7, 11) is 0. The molecule has 124 valence electrons. The van der Waals surface area contributed by atoms with Gasteiger partial charge in [0.05, 0.1) is 16.3 Å². The van der Waals surface area contributed by atoms with Crippen LogP contribution < -0.4 is 0 Å². The van der Waals surface area contributed by atoms with Gasteiger partial charge in [-0.3, -0.25) is 4.79 Å². The molecule has 1 saturated heterocycles. The zero-order valence-corrected chi connectivity index (χ0v) is 14.9. The van der Waals surface area contributed by atoms with Crippen LogP contribution in [0.1, 0.15) is 40.2 Å². The molecule has 0 N–H and O–H groups in total. The number of thiophene rings is 1. The van der Waals surface area contributed by atoms with Gasteiger partial charge in [-0.2, -0.15) is 5.10 Å². The topological polar surface area (TPSA) is 38.1 Å². The summed E-state index contributed by atoms with van der Waals surface area (Å²) >= 11 is 1.55. The zero-order valence-electron chi connectivity index (χ0n) is 14.1. The standard InChI is InChI=1S/C19H21N3OS/c1-13-6-8-15(9-7-13)22-19-16(14(2)20-22)12-17(24-19)18(23)21-10-4-3-5-11-21/h6-9,12H,3-5,10-11H2,1-2H3. The minimum Gasteiger partial charge on any atom is -0.338 e. The smallest absolute Gasteiger partial charge is 0.264 e. The van der Waals surface area contributed by atoms with Crippen LogP contribution in [0.3, 0.4) is 0 Å². The van der Waals surface area contributed by atoms with Crippen molar-refractivity contribution in [2.45, 2.75) is 33.1 Å². The molecule has 3 heterocycles. The maximum Gasteiger partial charge on any atom is 0.264 e. The largest absolute Gasteiger partial charge is 0.338 e. The predicted octanol–water partition coefficient (Wildman–Crippen LogP) is 4.33. The molecule has 0 bridgehead atoms. The Balaban J connectivity index is 1.74. The van der Waals surface area contributed by atoms with Gasteiger partial charge in [-0.25, -0.2) is 4.68 Å². The van der Waals surface area contributed by atoms with Crippen LogP contribution in [0, 0.1) is 13.8 Å². The van der Waals surface area contributed by atoms with E-state index in [9.17, 15) is 4.79 Å². The number of aryl methyl sites for hydroxylation is 2. The molecule has 24 heavy (non-hydrogen) atoms. The molecule has 0 unspecified atom stereocenters. The number of hydrogen-bond acceptors (Lipinski definition) is 3. The lowest BCUT2D eigenvalue weighted by Gasteiger charge is -2.26. The van der Waals surface area contributed by atoms with Crippen molar-refractivity contribution in [1.29, 1.82) is 0 Å². The average molecular weight is 339 g/mol. The summed E-state index contributed by atoms with van der Waals surface area (Å²) in [5, 5.41) is 5.75. The Kier molecular flexibility index (Phi) is 3.88. The van der Waals surface area contributed by atoms with Gasteiger partial charge >= 0.3 is 0 Å². The summed E-state index contributed by atoms with van der Waals surface area (Å²) in [6.45, 7) is 5.86. The summed E-state index contributed by atoms with van der Waals surface area (Å²) in [5.41, 5.74) is 3.24. The van der Waals surface area contributed by atoms with Crippen LogP contribution >= 0.6 is 11.3 Å². The fraction of sp³-hybridized carbons (Fsp3) is 0.368. The van der Waals surface area contributed by atoms with Gasteiger partial charge in [0.1, 0.15) is 4.83 Å². The van der Waals surface area contributed by atoms with Crippen molar-refractivity contribution >= 4 is 27.5 Å². The third-order valence-corrected chi connectivity index (χ3v) is 5.78. The van der Waals surface area contributed by atoms with Crippen LogP contribution in [-0.4, -0.2) is 33.7 Å². The first-order valence-electron chi connectivity index (χ1n) is 8.49. The molecule has 0 radical (unpaired) electrons. The van der Waals surface area contributed by atoms with Crippen molar-refractivity contribution < 1.29 is 4.79 Å². The monoisotopic (exact) mass is 339 g/mol. The number of fused-ring (bicyclic) bond motifs is 1. The number of likely N-dealkylation sites (tertiary alicyclic amines) is 1. The van der Waals surface area contributed by atoms with Gasteiger partial charge in [-0.1, -0.05) is 17.7 Å². The van der Waals surface area contributed by atoms with Gasteiger partial charge in [0.25, 0.3) is 5.91 Å². The number of hydrogen-bond donors (Lipinski definition) is 0. The highest BCUT2D eigenvalue weighted by atomic mass is 32.1. The second-order valence-electron chi connectivity index (χ2n) is 6.52. The molecule has 3 aromatic rings. The molecule has 4 rings (SSSR count). The lowest BCUT2D eigenvalue weighted by molar-refractivity contribution is 0.0729. The number of nitrogens with zero attached hydrogens (tertiary/aromatic N) is 3. The predicted molar refractivity (Wildman–Crippen MR) is 98.2 cm³/mol. The van der Waals surface area contributed by atoms with Crippen molar-refractivity contribution in [3.63, 3.8) is 0 Å². The molecule has 1 aliphatic heterocycles. The van der Waals surface area contributed by atoms with Crippen molar-refractivity contribution in [3.8, 4) is 5.69 Å². The Morgan fingerprint density at radius 3 is 2.50 bits per heavy atom. The van der Waals surface area contributed by atoms with E-state index in [1.54, 1.807) is 11.3 Å². The Hall–Kier alpha value is -2.14. The van der Waals surface area contributed by atoms with E-state index in [1.165, 1.54) is 12.0 Å². The average Bonchev–Trinajstić information content (AvgIpc) is 3.17. The first-order chi connectivity index (χ1) is 11.6. The maximum atomic E-state index is 12.8. The van der Waals surface area contributed by atoms with Gasteiger partial charge in [0, 0.05) is 18.5 Å². The van der Waals surface area contributed by atoms with E-state index in [4.69, 9.17) is 0 Å². The van der Waals surface area contributed by atoms with Crippen LogP contribution in [0.25, 0.3) is 15.9 Å². The van der Waals surface area contributed by atoms with Gasteiger partial charge in [-0.15, -0.1) is 11.3 Å². The molecule has 1 fully saturated rings. The number of rotatable bonds is 2. The first-order valence-corrected chi connectivity index (χ1v) is 9.30. The van der Waals surface area contributed by atoms with E-state index >= 15 is 0 Å². The van der Waals surface area contributed by atoms with Gasteiger partial charge in [0.15, 0.2) is 0 Å². The van der Waals surface area contributed by atoms with Gasteiger partial charge in [0.2, 0.25) is 0 Å². The van der Waals surface area contributed by atoms with Crippen LogP contribution in [0.2, 0.25) is 0 Å². The summed E-state index contributed by atoms with van der Waals surface area (Å²) in [6.07, 6.45) is 3.47. The van der Waals surface area contributed by atoms with E-state index in [-0.39, 0.29) is 5.91 Å². The van der Waals surface area contributed by atoms with E-state index < -0.39 is 0 Å². The minimum absolute atomic E-state index is 0.172. The summed E-state index contributed by atoms with van der Waals surface area (Å²) in [5.74, 6) is 0.172. The molecular weight excluding hydrogens is 318 g/mol. The number of benzene rings is 1. The molecule has 0 aliphatic carbocycles. The zero-order chi connectivity index (χ0) is 16.7. The van der Waals surface area contributed by atoms with Crippen molar-refractivity contribution in [2.24, 2.45) is 0 Å². The highest BCUT2D eigenvalue weighted by Gasteiger charge is 2.22. The molecule has 0 atom stereocenters. The van der Waals surface area contributed by atoms with Crippen LogP contribution in [0.15, 0.2) is 30.3 Å². The molecule has 4 nitrogen and oxygen atoms in total. The highest BCUT2D eigenvalue weighted by molar-refractivity contribution is 7.20. The van der Waals surface area contributed by atoms with Crippen molar-refractivity contribution in [3.05, 3.63) is 46.5 Å². The van der Waals surface area contributed by atoms with Crippen LogP contribution in [0.4, 0.5) is 0 Å². The Labute approximate surface area is 145 Å². The maximum absolute atomic E-state index is 12.8. The van der Waals surface area contributed by atoms with Crippen LogP contribution in [0.5, 0.6) is 0 Å². The SMILES string of the molecule is Cc1ccc(-n2nc(C)c3cc(C(=O)N4CCCCC4)sc32)cc1. The molecule has 5 heteroatoms. The summed E-state index contributed by atoms with van der Waals surface area (Å²) in [6, 6.07) is 10.3. The Morgan fingerprint density at radius 1 is 1.08 bits per heavy atom. The summed E-state index contributed by atoms with van der Waals surface area (Å²) < 4.78 is 1.96. The fourth-order valence-electron chi connectivity index (χ4n) is 3.27. The van der Waals surface area contributed by atoms with Gasteiger partial charge in [-0.05, 0) is 51.3 Å². The molecule has 0 spiro atoms. The molecule has 1 aliphatic rings. The lowest BCUT2D eigenvalue weighted by Crippen LogP contribution is -2.35. The van der Waals surface area contributed by atoms with E-state index in [0.717, 1.165) is 52.4 Å². The number of carbonyl (C=O) groups excluding carboxylic acids is 1. The fourth-order valence-corrected chi connectivity index (χ4v) is 4.42. The molecular formula is C19H21N3OS. The lowest BCUT2D eigenvalue weighted by atomic mass is 10.1. The number of carbonyl (C=O) groups is 1. The summed E-state index contributed by atoms with van der Waals surface area (Å²) in [4.78, 5) is 16.7. The first kappa shape index (κ1) is 15.4. The third-order valence-electron chi connectivity index (χ3n) is 4.68. The number of amides is 1. The Bertz CT molecular complexity index is 885. The molecule has 1 amide bonds. The van der Waals surface area contributed by atoms with E-state index in [2.05, 4.69) is 36.3 Å². The molecule has 0 saturated carbocycles. The molecule has 1 aromatic carbocycles. The van der Waals surface area contributed by atoms with E-state index in [1.807, 2.05) is 22.6 Å². The molecule has 2 aromatic heterocycles. The van der Waals surface area contributed by atoms with Crippen molar-refractivity contribution in [1.82, 2.24) is 14.7 Å². The second kappa shape index (κ2) is 6.06.